The second-order valence-electron chi connectivity index (χ2n) is 4.91. The smallest absolute Gasteiger partial charge is 0.220 e. The quantitative estimate of drug-likeness (QED) is 0.842. The molecule has 1 atom stereocenters. The van der Waals surface area contributed by atoms with Crippen molar-refractivity contribution in [1.82, 2.24) is 10.6 Å². The highest BCUT2D eigenvalue weighted by molar-refractivity contribution is 9.10. The van der Waals surface area contributed by atoms with Crippen molar-refractivity contribution >= 4 is 34.2 Å². The van der Waals surface area contributed by atoms with Gasteiger partial charge in [0.25, 0.3) is 0 Å². The molecule has 0 saturated carbocycles. The highest BCUT2D eigenvalue weighted by atomic mass is 79.9. The van der Waals surface area contributed by atoms with Gasteiger partial charge in [0.1, 0.15) is 5.82 Å². The van der Waals surface area contributed by atoms with Gasteiger partial charge in [0.05, 0.1) is 0 Å². The van der Waals surface area contributed by atoms with Crippen LogP contribution >= 0.6 is 28.3 Å². The van der Waals surface area contributed by atoms with Crippen LogP contribution in [0.25, 0.3) is 0 Å². The van der Waals surface area contributed by atoms with Crippen LogP contribution in [0.3, 0.4) is 0 Å². The summed E-state index contributed by atoms with van der Waals surface area (Å²) < 4.78 is 13.9. The lowest BCUT2D eigenvalue weighted by Gasteiger charge is -2.09. The van der Waals surface area contributed by atoms with Crippen LogP contribution in [0.15, 0.2) is 22.7 Å². The van der Waals surface area contributed by atoms with E-state index in [-0.39, 0.29) is 24.1 Å². The molecular weight excluding hydrogens is 347 g/mol. The number of nitrogens with one attached hydrogen (secondary N) is 2. The molecular formula is C14H19BrClFN2O. The largest absolute Gasteiger partial charge is 0.352 e. The molecule has 1 amide bonds. The van der Waals surface area contributed by atoms with E-state index >= 15 is 0 Å². The summed E-state index contributed by atoms with van der Waals surface area (Å²) in [5.41, 5.74) is 0.760. The molecule has 0 radical (unpaired) electrons. The van der Waals surface area contributed by atoms with Crippen LogP contribution in [-0.2, 0) is 11.3 Å². The van der Waals surface area contributed by atoms with Crippen molar-refractivity contribution in [3.63, 3.8) is 0 Å². The van der Waals surface area contributed by atoms with Crippen LogP contribution < -0.4 is 10.6 Å². The van der Waals surface area contributed by atoms with E-state index in [1.807, 2.05) is 0 Å². The number of hydrogen-bond donors (Lipinski definition) is 2. The van der Waals surface area contributed by atoms with Gasteiger partial charge in [-0.05, 0) is 55.6 Å². The number of carbonyl (C=O) groups is 1. The molecule has 1 heterocycles. The fraction of sp³-hybridized carbons (Fsp3) is 0.500. The lowest BCUT2D eigenvalue weighted by atomic mass is 10.0. The second kappa shape index (κ2) is 8.60. The van der Waals surface area contributed by atoms with E-state index in [2.05, 4.69) is 26.6 Å². The maximum Gasteiger partial charge on any atom is 0.220 e. The SMILES string of the molecule is Cl.O=C(CCC1CCNC1)NCc1cc(F)ccc1Br. The van der Waals surface area contributed by atoms with Gasteiger partial charge >= 0.3 is 0 Å². The number of rotatable bonds is 5. The Labute approximate surface area is 133 Å². The highest BCUT2D eigenvalue weighted by Crippen LogP contribution is 2.18. The first-order valence-corrected chi connectivity index (χ1v) is 7.36. The monoisotopic (exact) mass is 364 g/mol. The molecule has 1 unspecified atom stereocenters. The average Bonchev–Trinajstić information content (AvgIpc) is 2.90. The van der Waals surface area contributed by atoms with Gasteiger partial charge in [-0.3, -0.25) is 4.79 Å². The van der Waals surface area contributed by atoms with Crippen molar-refractivity contribution in [2.24, 2.45) is 5.92 Å². The van der Waals surface area contributed by atoms with Gasteiger partial charge in [0.15, 0.2) is 0 Å². The predicted octanol–water partition coefficient (Wildman–Crippen LogP) is 3.02. The molecule has 0 aromatic heterocycles. The number of amides is 1. The van der Waals surface area contributed by atoms with E-state index < -0.39 is 0 Å². The molecule has 1 aliphatic heterocycles. The summed E-state index contributed by atoms with van der Waals surface area (Å²) in [5, 5.41) is 6.12. The summed E-state index contributed by atoms with van der Waals surface area (Å²) in [4.78, 5) is 11.7. The minimum absolute atomic E-state index is 0. The van der Waals surface area contributed by atoms with Crippen molar-refractivity contribution in [3.05, 3.63) is 34.1 Å². The second-order valence-corrected chi connectivity index (χ2v) is 5.76. The lowest BCUT2D eigenvalue weighted by molar-refractivity contribution is -0.121. The summed E-state index contributed by atoms with van der Waals surface area (Å²) in [5.74, 6) is 0.360. The van der Waals surface area contributed by atoms with Crippen molar-refractivity contribution in [2.45, 2.75) is 25.8 Å². The topological polar surface area (TPSA) is 41.1 Å². The Bertz CT molecular complexity index is 453. The molecule has 1 aliphatic rings. The molecule has 1 aromatic rings. The van der Waals surface area contributed by atoms with Crippen LogP contribution in [0.2, 0.25) is 0 Å². The Morgan fingerprint density at radius 1 is 1.50 bits per heavy atom. The van der Waals surface area contributed by atoms with Gasteiger partial charge in [-0.2, -0.15) is 0 Å². The molecule has 0 aliphatic carbocycles. The van der Waals surface area contributed by atoms with Crippen molar-refractivity contribution < 1.29 is 9.18 Å². The first kappa shape index (κ1) is 17.4. The maximum absolute atomic E-state index is 13.1. The fourth-order valence-electron chi connectivity index (χ4n) is 2.26. The molecule has 1 saturated heterocycles. The molecule has 112 valence electrons. The van der Waals surface area contributed by atoms with Crippen molar-refractivity contribution in [3.8, 4) is 0 Å². The van der Waals surface area contributed by atoms with E-state index in [4.69, 9.17) is 0 Å². The molecule has 2 N–H and O–H groups in total. The predicted molar refractivity (Wildman–Crippen MR) is 83.4 cm³/mol. The van der Waals surface area contributed by atoms with E-state index in [0.29, 0.717) is 18.9 Å². The Hall–Kier alpha value is -0.650. The van der Waals surface area contributed by atoms with E-state index in [1.54, 1.807) is 6.07 Å². The highest BCUT2D eigenvalue weighted by Gasteiger charge is 2.15. The van der Waals surface area contributed by atoms with Crippen LogP contribution in [-0.4, -0.2) is 19.0 Å². The summed E-state index contributed by atoms with van der Waals surface area (Å²) in [6, 6.07) is 4.48. The summed E-state index contributed by atoms with van der Waals surface area (Å²) in [7, 11) is 0. The third-order valence-corrected chi connectivity index (χ3v) is 4.20. The van der Waals surface area contributed by atoms with Crippen LogP contribution in [0.5, 0.6) is 0 Å². The Morgan fingerprint density at radius 3 is 3.00 bits per heavy atom. The average molecular weight is 366 g/mol. The zero-order valence-electron chi connectivity index (χ0n) is 11.1. The third-order valence-electron chi connectivity index (χ3n) is 3.43. The first-order valence-electron chi connectivity index (χ1n) is 6.56. The van der Waals surface area contributed by atoms with E-state index in [9.17, 15) is 9.18 Å². The summed E-state index contributed by atoms with van der Waals surface area (Å²) in [6.07, 6.45) is 2.62. The Kier molecular flexibility index (Phi) is 7.48. The number of benzene rings is 1. The Balaban J connectivity index is 0.00000200. The zero-order chi connectivity index (χ0) is 13.7. The number of halogens is 3. The van der Waals surface area contributed by atoms with Crippen molar-refractivity contribution in [1.29, 1.82) is 0 Å². The molecule has 0 bridgehead atoms. The van der Waals surface area contributed by atoms with Crippen LogP contribution in [0.4, 0.5) is 4.39 Å². The first-order chi connectivity index (χ1) is 9.15. The molecule has 3 nitrogen and oxygen atoms in total. The maximum atomic E-state index is 13.1. The lowest BCUT2D eigenvalue weighted by Crippen LogP contribution is -2.23. The van der Waals surface area contributed by atoms with Gasteiger partial charge < -0.3 is 10.6 Å². The Morgan fingerprint density at radius 2 is 2.30 bits per heavy atom. The number of carbonyl (C=O) groups excluding carboxylic acids is 1. The summed E-state index contributed by atoms with van der Waals surface area (Å²) in [6.45, 7) is 2.44. The van der Waals surface area contributed by atoms with Gasteiger partial charge in [-0.15, -0.1) is 12.4 Å². The third kappa shape index (κ3) is 5.38. The molecule has 20 heavy (non-hydrogen) atoms. The molecule has 1 fully saturated rings. The molecule has 2 rings (SSSR count). The van der Waals surface area contributed by atoms with Gasteiger partial charge in [-0.25, -0.2) is 4.39 Å². The fourth-order valence-corrected chi connectivity index (χ4v) is 2.64. The minimum Gasteiger partial charge on any atom is -0.352 e. The van der Waals surface area contributed by atoms with Crippen LogP contribution in [0, 0.1) is 11.7 Å². The molecule has 0 spiro atoms. The minimum atomic E-state index is -0.288. The van der Waals surface area contributed by atoms with Gasteiger partial charge in [0, 0.05) is 17.4 Å². The number of hydrogen-bond acceptors (Lipinski definition) is 2. The molecule has 1 aromatic carbocycles. The van der Waals surface area contributed by atoms with E-state index in [1.165, 1.54) is 12.1 Å². The van der Waals surface area contributed by atoms with Crippen molar-refractivity contribution in [2.75, 3.05) is 13.1 Å². The van der Waals surface area contributed by atoms with Gasteiger partial charge in [-0.1, -0.05) is 15.9 Å². The zero-order valence-corrected chi connectivity index (χ0v) is 13.5. The van der Waals surface area contributed by atoms with Crippen LogP contribution in [0.1, 0.15) is 24.8 Å². The normalized spacial score (nSPS) is 17.6. The summed E-state index contributed by atoms with van der Waals surface area (Å²) >= 11 is 3.35. The van der Waals surface area contributed by atoms with Gasteiger partial charge in [0.2, 0.25) is 5.91 Å². The van der Waals surface area contributed by atoms with E-state index in [0.717, 1.165) is 36.0 Å². The standard InChI is InChI=1S/C14H18BrFN2O.ClH/c15-13-3-2-12(16)7-11(13)9-18-14(19)4-1-10-5-6-17-8-10;/h2-3,7,10,17H,1,4-6,8-9H2,(H,18,19);1H. The molecule has 6 heteroatoms.